The molecule has 0 N–H and O–H groups in total. The van der Waals surface area contributed by atoms with E-state index in [1.807, 2.05) is 0 Å². The van der Waals surface area contributed by atoms with E-state index >= 15 is 0 Å². The van der Waals surface area contributed by atoms with E-state index in [9.17, 15) is 8.42 Å². The minimum Gasteiger partial charge on any atom is -1.00 e. The van der Waals surface area contributed by atoms with E-state index in [-0.39, 0.29) is 17.0 Å². The zero-order chi connectivity index (χ0) is 15.5. The highest BCUT2D eigenvalue weighted by atomic mass is 79.9. The van der Waals surface area contributed by atoms with Crippen molar-refractivity contribution in [3.8, 4) is 0 Å². The minimum atomic E-state index is -2.90. The van der Waals surface area contributed by atoms with Crippen LogP contribution in [-0.4, -0.2) is 51.1 Å². The zero-order valence-corrected chi connectivity index (χ0v) is 17.5. The van der Waals surface area contributed by atoms with Crippen LogP contribution in [0.15, 0.2) is 0 Å². The molecule has 0 spiro atoms. The average Bonchev–Trinajstić information content (AvgIpc) is 2.38. The van der Waals surface area contributed by atoms with Crippen LogP contribution in [-0.2, 0) is 8.87 Å². The molecular formula is C15H34BrNO2S2. The molecular weight excluding hydrogens is 370 g/mol. The van der Waals surface area contributed by atoms with Gasteiger partial charge in [-0.05, 0) is 30.1 Å². The second-order valence-electron chi connectivity index (χ2n) is 5.82. The predicted molar refractivity (Wildman–Crippen MR) is 91.8 cm³/mol. The second kappa shape index (κ2) is 13.2. The maximum atomic E-state index is 11.3. The third kappa shape index (κ3) is 12.9. The van der Waals surface area contributed by atoms with E-state index in [2.05, 4.69) is 20.8 Å². The second-order valence-corrected chi connectivity index (χ2v) is 10.4. The normalized spacial score (nSPS) is 12.2. The molecule has 0 aromatic carbocycles. The van der Waals surface area contributed by atoms with Crippen molar-refractivity contribution in [2.24, 2.45) is 0 Å². The van der Waals surface area contributed by atoms with Crippen LogP contribution in [0.25, 0.3) is 0 Å². The summed E-state index contributed by atoms with van der Waals surface area (Å²) in [7, 11) is -1.78. The molecule has 0 heterocycles. The van der Waals surface area contributed by atoms with Crippen molar-refractivity contribution in [1.29, 1.82) is 0 Å². The van der Waals surface area contributed by atoms with E-state index in [0.29, 0.717) is 0 Å². The van der Waals surface area contributed by atoms with Gasteiger partial charge in [0.2, 0.25) is 0 Å². The highest BCUT2D eigenvalue weighted by Gasteiger charge is 2.26. The monoisotopic (exact) mass is 403 g/mol. The molecule has 0 saturated heterocycles. The third-order valence-electron chi connectivity index (χ3n) is 3.82. The molecule has 0 fully saturated rings. The van der Waals surface area contributed by atoms with Crippen LogP contribution >= 0.6 is 10.8 Å². The number of nitrogens with zero attached hydrogens (tertiary/aromatic N) is 1. The van der Waals surface area contributed by atoms with Gasteiger partial charge >= 0.3 is 0 Å². The van der Waals surface area contributed by atoms with Crippen molar-refractivity contribution >= 4 is 19.7 Å². The van der Waals surface area contributed by atoms with E-state index < -0.39 is 8.87 Å². The fourth-order valence-electron chi connectivity index (χ4n) is 2.53. The Balaban J connectivity index is 0. The van der Waals surface area contributed by atoms with Crippen molar-refractivity contribution in [2.45, 2.75) is 59.3 Å². The highest BCUT2D eigenvalue weighted by Crippen LogP contribution is 2.18. The molecule has 130 valence electrons. The van der Waals surface area contributed by atoms with Crippen LogP contribution < -0.4 is 17.0 Å². The lowest BCUT2D eigenvalue weighted by atomic mass is 10.1. The summed E-state index contributed by atoms with van der Waals surface area (Å²) in [6, 6.07) is 0. The van der Waals surface area contributed by atoms with Crippen LogP contribution in [0.1, 0.15) is 59.3 Å². The van der Waals surface area contributed by atoms with E-state index in [1.165, 1.54) is 64.4 Å². The Morgan fingerprint density at radius 2 is 1.19 bits per heavy atom. The summed E-state index contributed by atoms with van der Waals surface area (Å²) >= 11 is 0. The lowest BCUT2D eigenvalue weighted by Gasteiger charge is -2.39. The zero-order valence-electron chi connectivity index (χ0n) is 14.2. The van der Waals surface area contributed by atoms with Crippen LogP contribution in [0.2, 0.25) is 0 Å². The Bertz CT molecular complexity index is 313. The number of quaternary nitrogens is 1. The molecule has 0 bridgehead atoms. The van der Waals surface area contributed by atoms with Gasteiger partial charge in [0.1, 0.15) is 0 Å². The molecule has 0 unspecified atom stereocenters. The molecule has 0 aliphatic heterocycles. The Kier molecular flexibility index (Phi) is 15.1. The summed E-state index contributed by atoms with van der Waals surface area (Å²) < 4.78 is 23.8. The lowest BCUT2D eigenvalue weighted by Crippen LogP contribution is -3.00. The molecule has 6 heteroatoms. The maximum Gasteiger partial charge on any atom is 0.198 e. The summed E-state index contributed by atoms with van der Waals surface area (Å²) in [4.78, 5) is 0. The first-order valence-corrected chi connectivity index (χ1v) is 11.5. The molecule has 0 radical (unpaired) electrons. The minimum absolute atomic E-state index is 0. The van der Waals surface area contributed by atoms with Gasteiger partial charge in [-0.25, -0.2) is 8.42 Å². The van der Waals surface area contributed by atoms with Crippen LogP contribution in [0.4, 0.5) is 0 Å². The molecule has 21 heavy (non-hydrogen) atoms. The molecule has 0 aliphatic rings. The number of halogens is 1. The molecule has 0 rings (SSSR count). The number of hydrogen-bond donors (Lipinski definition) is 0. The Labute approximate surface area is 146 Å². The fraction of sp³-hybridized carbons (Fsp3) is 1.00. The molecule has 0 saturated carbocycles. The SMILES string of the molecule is CCCC[N+](CCCC)(CCCC)CCSS(C)(=O)=O.[Br-]. The van der Waals surface area contributed by atoms with Gasteiger partial charge in [-0.15, -0.1) is 0 Å². The van der Waals surface area contributed by atoms with Crippen molar-refractivity contribution in [1.82, 2.24) is 0 Å². The summed E-state index contributed by atoms with van der Waals surface area (Å²) in [5, 5.41) is 0. The fourth-order valence-corrected chi connectivity index (χ4v) is 4.43. The first-order valence-electron chi connectivity index (χ1n) is 8.08. The predicted octanol–water partition coefficient (Wildman–Crippen LogP) is 0.900. The van der Waals surface area contributed by atoms with E-state index in [4.69, 9.17) is 0 Å². The molecule has 3 nitrogen and oxygen atoms in total. The quantitative estimate of drug-likeness (QED) is 0.338. The maximum absolute atomic E-state index is 11.3. The van der Waals surface area contributed by atoms with Gasteiger partial charge in [0.25, 0.3) is 0 Å². The highest BCUT2D eigenvalue weighted by molar-refractivity contribution is 8.71. The van der Waals surface area contributed by atoms with Gasteiger partial charge in [0, 0.05) is 6.26 Å². The van der Waals surface area contributed by atoms with Crippen LogP contribution in [0.5, 0.6) is 0 Å². The summed E-state index contributed by atoms with van der Waals surface area (Å²) in [5.41, 5.74) is 0. The van der Waals surface area contributed by atoms with Gasteiger partial charge in [-0.1, -0.05) is 40.0 Å². The van der Waals surface area contributed by atoms with Gasteiger partial charge < -0.3 is 21.5 Å². The first kappa shape index (κ1) is 24.0. The summed E-state index contributed by atoms with van der Waals surface area (Å²) in [6.45, 7) is 11.3. The molecule has 0 aromatic heterocycles. The number of unbranched alkanes of at least 4 members (excludes halogenated alkanes) is 3. The van der Waals surface area contributed by atoms with E-state index in [0.717, 1.165) is 27.6 Å². The van der Waals surface area contributed by atoms with Crippen LogP contribution in [0, 0.1) is 0 Å². The average molecular weight is 404 g/mol. The van der Waals surface area contributed by atoms with Gasteiger partial charge in [-0.2, -0.15) is 0 Å². The topological polar surface area (TPSA) is 34.1 Å². The summed E-state index contributed by atoms with van der Waals surface area (Å²) in [5.74, 6) is 0.732. The Morgan fingerprint density at radius 3 is 1.48 bits per heavy atom. The number of rotatable bonds is 13. The van der Waals surface area contributed by atoms with Crippen molar-refractivity contribution < 1.29 is 29.9 Å². The lowest BCUT2D eigenvalue weighted by molar-refractivity contribution is -0.926. The standard InChI is InChI=1S/C15H34NO2S2.BrH/c1-5-8-11-16(12-9-6-2,13-10-7-3)14-15-19-20(4,17)18;/h5-15H2,1-4H3;1H/q+1;/p-1. The Hall–Kier alpha value is 0.740. The van der Waals surface area contributed by atoms with Gasteiger partial charge in [0.05, 0.1) is 31.9 Å². The molecule has 0 aliphatic carbocycles. The largest absolute Gasteiger partial charge is 1.00 e. The van der Waals surface area contributed by atoms with Crippen molar-refractivity contribution in [2.75, 3.05) is 38.2 Å². The van der Waals surface area contributed by atoms with Gasteiger partial charge in [-0.3, -0.25) is 0 Å². The third-order valence-corrected chi connectivity index (χ3v) is 6.38. The van der Waals surface area contributed by atoms with Crippen molar-refractivity contribution in [3.05, 3.63) is 0 Å². The van der Waals surface area contributed by atoms with Gasteiger partial charge in [0.15, 0.2) is 8.87 Å². The first-order chi connectivity index (χ1) is 9.39. The van der Waals surface area contributed by atoms with Crippen LogP contribution in [0.3, 0.4) is 0 Å². The van der Waals surface area contributed by atoms with Crippen molar-refractivity contribution in [3.63, 3.8) is 0 Å². The number of hydrogen-bond acceptors (Lipinski definition) is 3. The Morgan fingerprint density at radius 1 is 0.810 bits per heavy atom. The smallest absolute Gasteiger partial charge is 0.198 e. The molecule has 0 aromatic rings. The summed E-state index contributed by atoms with van der Waals surface area (Å²) in [6.07, 6.45) is 8.72. The molecule has 0 amide bonds. The van der Waals surface area contributed by atoms with E-state index in [1.54, 1.807) is 0 Å². The molecule has 0 atom stereocenters.